The summed E-state index contributed by atoms with van der Waals surface area (Å²) in [7, 11) is 6.89. The van der Waals surface area contributed by atoms with Gasteiger partial charge in [-0.3, -0.25) is 4.90 Å². The molecule has 0 bridgehead atoms. The first-order valence-electron chi connectivity index (χ1n) is 5.91. The standard InChI is InChI=1S/C13H16BN.CH4O/c1-11-7-13(14)10-15(8-11)9-12-5-3-2-4-6-12;1-2/h2-7,11H,8-10H2,1H3;2H,1H3. The van der Waals surface area contributed by atoms with Crippen LogP contribution in [-0.2, 0) is 6.54 Å². The lowest BCUT2D eigenvalue weighted by molar-refractivity contribution is 0.255. The van der Waals surface area contributed by atoms with E-state index < -0.39 is 0 Å². The third-order valence-electron chi connectivity index (χ3n) is 2.70. The van der Waals surface area contributed by atoms with E-state index in [1.165, 1.54) is 5.56 Å². The van der Waals surface area contributed by atoms with Crippen LogP contribution >= 0.6 is 0 Å². The van der Waals surface area contributed by atoms with E-state index in [1.807, 2.05) is 0 Å². The van der Waals surface area contributed by atoms with Crippen LogP contribution < -0.4 is 0 Å². The molecule has 1 aliphatic heterocycles. The topological polar surface area (TPSA) is 23.5 Å². The maximum absolute atomic E-state index is 7.00. The predicted molar refractivity (Wildman–Crippen MR) is 72.9 cm³/mol. The van der Waals surface area contributed by atoms with Gasteiger partial charge in [0.2, 0.25) is 0 Å². The van der Waals surface area contributed by atoms with Gasteiger partial charge in [0.15, 0.2) is 0 Å². The summed E-state index contributed by atoms with van der Waals surface area (Å²) in [6, 6.07) is 10.6. The van der Waals surface area contributed by atoms with Crippen molar-refractivity contribution in [3.63, 3.8) is 0 Å². The molecular formula is C14H20BNO. The van der Waals surface area contributed by atoms with Crippen molar-refractivity contribution in [2.24, 2.45) is 5.92 Å². The molecule has 0 aromatic heterocycles. The van der Waals surface area contributed by atoms with Gasteiger partial charge in [-0.25, -0.2) is 0 Å². The minimum Gasteiger partial charge on any atom is -0.400 e. The Morgan fingerprint density at radius 1 is 1.29 bits per heavy atom. The number of hydrogen-bond acceptors (Lipinski definition) is 2. The zero-order chi connectivity index (χ0) is 12.7. The summed E-state index contributed by atoms with van der Waals surface area (Å²) < 4.78 is 0. The van der Waals surface area contributed by atoms with Gasteiger partial charge >= 0.3 is 0 Å². The maximum Gasteiger partial charge on any atom is 0.109 e. The lowest BCUT2D eigenvalue weighted by Gasteiger charge is -2.30. The maximum atomic E-state index is 7.00. The average Bonchev–Trinajstić information content (AvgIpc) is 2.31. The summed E-state index contributed by atoms with van der Waals surface area (Å²) in [6.07, 6.45) is 2.17. The molecule has 2 radical (unpaired) electrons. The Labute approximate surface area is 105 Å². The second-order valence-corrected chi connectivity index (χ2v) is 4.37. The third-order valence-corrected chi connectivity index (χ3v) is 2.70. The number of hydrogen-bond donors (Lipinski definition) is 1. The molecule has 0 fully saturated rings. The van der Waals surface area contributed by atoms with Gasteiger partial charge in [0, 0.05) is 26.7 Å². The Morgan fingerprint density at radius 2 is 1.94 bits per heavy atom. The van der Waals surface area contributed by atoms with Crippen LogP contribution in [0.3, 0.4) is 0 Å². The molecule has 1 aromatic rings. The molecule has 1 aromatic carbocycles. The van der Waals surface area contributed by atoms with E-state index in [0.29, 0.717) is 5.92 Å². The van der Waals surface area contributed by atoms with Crippen LogP contribution in [0.2, 0.25) is 0 Å². The lowest BCUT2D eigenvalue weighted by Crippen LogP contribution is -2.33. The summed E-state index contributed by atoms with van der Waals surface area (Å²) in [6.45, 7) is 5.22. The van der Waals surface area contributed by atoms with Gasteiger partial charge in [-0.15, -0.1) is 5.47 Å². The van der Waals surface area contributed by atoms with Crippen molar-refractivity contribution in [3.05, 3.63) is 47.4 Å². The molecule has 2 rings (SSSR count). The van der Waals surface area contributed by atoms with Crippen molar-refractivity contribution in [1.29, 1.82) is 0 Å². The normalized spacial score (nSPS) is 20.2. The van der Waals surface area contributed by atoms with Crippen LogP contribution in [0.25, 0.3) is 0 Å². The number of aliphatic hydroxyl groups excluding tert-OH is 1. The van der Waals surface area contributed by atoms with Crippen molar-refractivity contribution in [2.75, 3.05) is 20.2 Å². The Morgan fingerprint density at radius 3 is 2.53 bits per heavy atom. The first-order chi connectivity index (χ1) is 8.24. The molecular weight excluding hydrogens is 209 g/mol. The van der Waals surface area contributed by atoms with E-state index >= 15 is 0 Å². The summed E-state index contributed by atoms with van der Waals surface area (Å²) >= 11 is 0. The summed E-state index contributed by atoms with van der Waals surface area (Å²) in [4.78, 5) is 2.40. The fourth-order valence-electron chi connectivity index (χ4n) is 2.16. The van der Waals surface area contributed by atoms with Gasteiger partial charge < -0.3 is 5.11 Å². The minimum absolute atomic E-state index is 0.572. The Bertz CT molecular complexity index is 350. The number of aliphatic hydroxyl groups is 1. The van der Waals surface area contributed by atoms with Gasteiger partial charge in [0.1, 0.15) is 7.85 Å². The monoisotopic (exact) mass is 229 g/mol. The fraction of sp³-hybridized carbons (Fsp3) is 0.429. The van der Waals surface area contributed by atoms with E-state index in [1.54, 1.807) is 0 Å². The Hall–Kier alpha value is -1.06. The molecule has 1 N–H and O–H groups in total. The van der Waals surface area contributed by atoms with Crippen molar-refractivity contribution in [1.82, 2.24) is 4.90 Å². The van der Waals surface area contributed by atoms with E-state index in [2.05, 4.69) is 48.2 Å². The molecule has 90 valence electrons. The number of nitrogens with zero attached hydrogens (tertiary/aromatic N) is 1. The van der Waals surface area contributed by atoms with Gasteiger partial charge in [0.05, 0.1) is 0 Å². The van der Waals surface area contributed by atoms with Crippen molar-refractivity contribution in [2.45, 2.75) is 13.5 Å². The third kappa shape index (κ3) is 4.76. The van der Waals surface area contributed by atoms with Gasteiger partial charge in [-0.05, 0) is 11.5 Å². The van der Waals surface area contributed by atoms with E-state index in [9.17, 15) is 0 Å². The highest BCUT2D eigenvalue weighted by molar-refractivity contribution is 6.21. The Balaban J connectivity index is 0.000000686. The second-order valence-electron chi connectivity index (χ2n) is 4.37. The number of rotatable bonds is 2. The molecule has 1 atom stereocenters. The highest BCUT2D eigenvalue weighted by atomic mass is 16.2. The van der Waals surface area contributed by atoms with Crippen molar-refractivity contribution >= 4 is 7.85 Å². The molecule has 1 aliphatic rings. The predicted octanol–water partition coefficient (Wildman–Crippen LogP) is 1.80. The smallest absolute Gasteiger partial charge is 0.109 e. The van der Waals surface area contributed by atoms with Crippen LogP contribution in [0.5, 0.6) is 0 Å². The molecule has 0 saturated heterocycles. The first kappa shape index (κ1) is 14.0. The molecule has 17 heavy (non-hydrogen) atoms. The van der Waals surface area contributed by atoms with Crippen LogP contribution in [0.4, 0.5) is 0 Å². The summed E-state index contributed by atoms with van der Waals surface area (Å²) in [5, 5.41) is 7.00. The van der Waals surface area contributed by atoms with Crippen LogP contribution in [0, 0.1) is 5.92 Å². The molecule has 0 amide bonds. The van der Waals surface area contributed by atoms with E-state index in [0.717, 1.165) is 32.2 Å². The van der Waals surface area contributed by atoms with Gasteiger partial charge in [-0.2, -0.15) is 0 Å². The quantitative estimate of drug-likeness (QED) is 0.781. The molecule has 2 nitrogen and oxygen atoms in total. The van der Waals surface area contributed by atoms with Gasteiger partial charge in [-0.1, -0.05) is 43.3 Å². The molecule has 0 aliphatic carbocycles. The zero-order valence-electron chi connectivity index (χ0n) is 10.6. The highest BCUT2D eigenvalue weighted by Crippen LogP contribution is 2.15. The summed E-state index contributed by atoms with van der Waals surface area (Å²) in [5.74, 6) is 0.572. The molecule has 1 unspecified atom stereocenters. The zero-order valence-corrected chi connectivity index (χ0v) is 10.6. The minimum atomic E-state index is 0.572. The fourth-order valence-corrected chi connectivity index (χ4v) is 2.16. The number of benzene rings is 1. The van der Waals surface area contributed by atoms with Crippen LogP contribution in [0.1, 0.15) is 12.5 Å². The van der Waals surface area contributed by atoms with Gasteiger partial charge in [0.25, 0.3) is 0 Å². The van der Waals surface area contributed by atoms with Crippen LogP contribution in [-0.4, -0.2) is 38.1 Å². The molecule has 1 heterocycles. The molecule has 0 saturated carbocycles. The Kier molecular flexibility index (Phi) is 6.02. The van der Waals surface area contributed by atoms with Crippen molar-refractivity contribution < 1.29 is 5.11 Å². The first-order valence-corrected chi connectivity index (χ1v) is 5.91. The molecule has 0 spiro atoms. The van der Waals surface area contributed by atoms with Crippen molar-refractivity contribution in [3.8, 4) is 0 Å². The van der Waals surface area contributed by atoms with E-state index in [4.69, 9.17) is 13.0 Å². The second kappa shape index (κ2) is 7.31. The summed E-state index contributed by atoms with van der Waals surface area (Å²) in [5.41, 5.74) is 2.36. The SMILES string of the molecule is CO.[B]C1=CC(C)CN(Cc2ccccc2)C1. The average molecular weight is 229 g/mol. The highest BCUT2D eigenvalue weighted by Gasteiger charge is 2.14. The lowest BCUT2D eigenvalue weighted by atomic mass is 9.88. The largest absolute Gasteiger partial charge is 0.400 e. The van der Waals surface area contributed by atoms with E-state index in [-0.39, 0.29) is 0 Å². The molecule has 3 heteroatoms. The van der Waals surface area contributed by atoms with Crippen LogP contribution in [0.15, 0.2) is 41.9 Å².